The fraction of sp³-hybridized carbons (Fsp3) is 0.923. The van der Waals surface area contributed by atoms with Crippen LogP contribution in [0.2, 0.25) is 0 Å². The van der Waals surface area contributed by atoms with Crippen LogP contribution in [-0.4, -0.2) is 54.5 Å². The molecule has 18 heavy (non-hydrogen) atoms. The smallest absolute Gasteiger partial charge is 0.407 e. The Kier molecular flexibility index (Phi) is 7.05. The fourth-order valence-corrected chi connectivity index (χ4v) is 2.58. The largest absolute Gasteiger partial charge is 0.465 e. The van der Waals surface area contributed by atoms with E-state index in [-0.39, 0.29) is 6.61 Å². The monoisotopic (exact) mass is 258 g/mol. The molecular formula is C13H26N2O3. The Morgan fingerprint density at radius 2 is 1.89 bits per heavy atom. The summed E-state index contributed by atoms with van der Waals surface area (Å²) in [5.74, 6) is 1.41. The van der Waals surface area contributed by atoms with Crippen LogP contribution in [0.5, 0.6) is 0 Å². The lowest BCUT2D eigenvalue weighted by atomic mass is 9.80. The molecule has 0 aliphatic heterocycles. The lowest BCUT2D eigenvalue weighted by Gasteiger charge is -2.29. The van der Waals surface area contributed by atoms with E-state index in [0.717, 1.165) is 18.9 Å². The first-order valence-corrected chi connectivity index (χ1v) is 6.89. The second-order valence-electron chi connectivity index (χ2n) is 5.31. The number of carbonyl (C=O) groups is 1. The average molecular weight is 258 g/mol. The first-order chi connectivity index (χ1) is 8.63. The normalized spacial score (nSPS) is 23.9. The van der Waals surface area contributed by atoms with Crippen molar-refractivity contribution < 1.29 is 15.0 Å². The van der Waals surface area contributed by atoms with Crippen molar-refractivity contribution in [3.8, 4) is 0 Å². The molecular weight excluding hydrogens is 232 g/mol. The van der Waals surface area contributed by atoms with Gasteiger partial charge in [-0.25, -0.2) is 4.79 Å². The molecule has 5 heteroatoms. The van der Waals surface area contributed by atoms with Crippen LogP contribution in [0.3, 0.4) is 0 Å². The van der Waals surface area contributed by atoms with E-state index in [1.54, 1.807) is 7.05 Å². The van der Waals surface area contributed by atoms with Crippen LogP contribution >= 0.6 is 0 Å². The highest BCUT2D eigenvalue weighted by atomic mass is 16.4. The van der Waals surface area contributed by atoms with Gasteiger partial charge in [0, 0.05) is 20.1 Å². The molecule has 1 rings (SSSR count). The molecule has 1 aliphatic rings. The number of nitrogens with one attached hydrogen (secondary N) is 1. The number of rotatable bonds is 7. The SMILES string of the molecule is CN(CC[C@H]1CC[C@H](CNCCO)CC1)C(=O)O. The van der Waals surface area contributed by atoms with Gasteiger partial charge < -0.3 is 20.4 Å². The minimum absolute atomic E-state index is 0.205. The second-order valence-corrected chi connectivity index (χ2v) is 5.31. The number of nitrogens with zero attached hydrogens (tertiary/aromatic N) is 1. The van der Waals surface area contributed by atoms with E-state index >= 15 is 0 Å². The molecule has 0 bridgehead atoms. The molecule has 1 amide bonds. The van der Waals surface area contributed by atoms with Crippen molar-refractivity contribution in [2.75, 3.05) is 33.3 Å². The summed E-state index contributed by atoms with van der Waals surface area (Å²) < 4.78 is 0. The molecule has 1 fully saturated rings. The zero-order valence-electron chi connectivity index (χ0n) is 11.3. The van der Waals surface area contributed by atoms with Gasteiger partial charge in [-0.2, -0.15) is 0 Å². The number of aliphatic hydroxyl groups is 1. The molecule has 106 valence electrons. The maximum Gasteiger partial charge on any atom is 0.407 e. The van der Waals surface area contributed by atoms with Gasteiger partial charge >= 0.3 is 6.09 Å². The van der Waals surface area contributed by atoms with Crippen LogP contribution in [0, 0.1) is 11.8 Å². The summed E-state index contributed by atoms with van der Waals surface area (Å²) in [6.45, 7) is 2.54. The summed E-state index contributed by atoms with van der Waals surface area (Å²) in [6, 6.07) is 0. The highest BCUT2D eigenvalue weighted by Crippen LogP contribution is 2.30. The van der Waals surface area contributed by atoms with E-state index in [9.17, 15) is 4.79 Å². The third-order valence-electron chi connectivity index (χ3n) is 3.89. The number of hydrogen-bond donors (Lipinski definition) is 3. The summed E-state index contributed by atoms with van der Waals surface area (Å²) in [5.41, 5.74) is 0. The highest BCUT2D eigenvalue weighted by Gasteiger charge is 2.21. The molecule has 1 aliphatic carbocycles. The number of aliphatic hydroxyl groups excluding tert-OH is 1. The van der Waals surface area contributed by atoms with Crippen molar-refractivity contribution in [1.82, 2.24) is 10.2 Å². The van der Waals surface area contributed by atoms with Crippen LogP contribution in [0.4, 0.5) is 4.79 Å². The summed E-state index contributed by atoms with van der Waals surface area (Å²) in [5, 5.41) is 20.7. The summed E-state index contributed by atoms with van der Waals surface area (Å²) in [6.07, 6.45) is 5.01. The highest BCUT2D eigenvalue weighted by molar-refractivity contribution is 5.64. The third-order valence-corrected chi connectivity index (χ3v) is 3.89. The quantitative estimate of drug-likeness (QED) is 0.603. The van der Waals surface area contributed by atoms with Crippen molar-refractivity contribution in [2.45, 2.75) is 32.1 Å². The van der Waals surface area contributed by atoms with E-state index in [2.05, 4.69) is 5.32 Å². The Morgan fingerprint density at radius 1 is 1.28 bits per heavy atom. The third kappa shape index (κ3) is 5.69. The van der Waals surface area contributed by atoms with Gasteiger partial charge in [0.05, 0.1) is 6.61 Å². The molecule has 0 radical (unpaired) electrons. The van der Waals surface area contributed by atoms with Crippen LogP contribution in [-0.2, 0) is 0 Å². The van der Waals surface area contributed by atoms with E-state index in [1.165, 1.54) is 30.6 Å². The average Bonchev–Trinajstić information content (AvgIpc) is 2.37. The van der Waals surface area contributed by atoms with Crippen molar-refractivity contribution in [2.24, 2.45) is 11.8 Å². The minimum atomic E-state index is -0.836. The maximum atomic E-state index is 10.7. The Bertz CT molecular complexity index is 240. The van der Waals surface area contributed by atoms with Crippen LogP contribution in [0.25, 0.3) is 0 Å². The Morgan fingerprint density at radius 3 is 2.44 bits per heavy atom. The predicted octanol–water partition coefficient (Wildman–Crippen LogP) is 1.37. The fourth-order valence-electron chi connectivity index (χ4n) is 2.58. The van der Waals surface area contributed by atoms with Crippen LogP contribution < -0.4 is 5.32 Å². The molecule has 5 nitrogen and oxygen atoms in total. The molecule has 0 unspecified atom stereocenters. The topological polar surface area (TPSA) is 72.8 Å². The van der Waals surface area contributed by atoms with E-state index in [4.69, 9.17) is 10.2 Å². The van der Waals surface area contributed by atoms with E-state index in [0.29, 0.717) is 19.0 Å². The lowest BCUT2D eigenvalue weighted by molar-refractivity contribution is 0.149. The molecule has 0 aromatic rings. The lowest BCUT2D eigenvalue weighted by Crippen LogP contribution is -2.30. The second kappa shape index (κ2) is 8.32. The Hall–Kier alpha value is -0.810. The van der Waals surface area contributed by atoms with Crippen LogP contribution in [0.15, 0.2) is 0 Å². The van der Waals surface area contributed by atoms with E-state index < -0.39 is 6.09 Å². The summed E-state index contributed by atoms with van der Waals surface area (Å²) in [7, 11) is 1.63. The Labute approximate surface area is 109 Å². The van der Waals surface area contributed by atoms with Crippen molar-refractivity contribution in [3.63, 3.8) is 0 Å². The molecule has 1 saturated carbocycles. The van der Waals surface area contributed by atoms with Crippen LogP contribution in [0.1, 0.15) is 32.1 Å². The van der Waals surface area contributed by atoms with Gasteiger partial charge in [-0.1, -0.05) is 12.8 Å². The molecule has 0 aromatic heterocycles. The first kappa shape index (κ1) is 15.2. The molecule has 0 spiro atoms. The Balaban J connectivity index is 2.09. The first-order valence-electron chi connectivity index (χ1n) is 6.89. The molecule has 3 N–H and O–H groups in total. The minimum Gasteiger partial charge on any atom is -0.465 e. The summed E-state index contributed by atoms with van der Waals surface area (Å²) in [4.78, 5) is 12.0. The van der Waals surface area contributed by atoms with Gasteiger partial charge in [-0.15, -0.1) is 0 Å². The van der Waals surface area contributed by atoms with Gasteiger partial charge in [0.1, 0.15) is 0 Å². The van der Waals surface area contributed by atoms with Gasteiger partial charge in [0.2, 0.25) is 0 Å². The number of carboxylic acid groups (broad SMARTS) is 1. The molecule has 0 aromatic carbocycles. The van der Waals surface area contributed by atoms with Crippen molar-refractivity contribution in [1.29, 1.82) is 0 Å². The molecule has 0 saturated heterocycles. The molecule has 0 atom stereocenters. The predicted molar refractivity (Wildman–Crippen MR) is 70.7 cm³/mol. The zero-order chi connectivity index (χ0) is 13.4. The maximum absolute atomic E-state index is 10.7. The van der Waals surface area contributed by atoms with Gasteiger partial charge in [-0.05, 0) is 37.6 Å². The van der Waals surface area contributed by atoms with Gasteiger partial charge in [-0.3, -0.25) is 0 Å². The number of hydrogen-bond acceptors (Lipinski definition) is 3. The van der Waals surface area contributed by atoms with E-state index in [1.807, 2.05) is 0 Å². The zero-order valence-corrected chi connectivity index (χ0v) is 11.3. The van der Waals surface area contributed by atoms with Gasteiger partial charge in [0.25, 0.3) is 0 Å². The standard InChI is InChI=1S/C13H26N2O3/c1-15(13(17)18)8-6-11-2-4-12(5-3-11)10-14-7-9-16/h11-12,14,16H,2-10H2,1H3,(H,17,18)/t11-,12-. The van der Waals surface area contributed by atoms with Crippen molar-refractivity contribution in [3.05, 3.63) is 0 Å². The number of amides is 1. The van der Waals surface area contributed by atoms with Crippen molar-refractivity contribution >= 4 is 6.09 Å². The summed E-state index contributed by atoms with van der Waals surface area (Å²) >= 11 is 0. The molecule has 0 heterocycles. The van der Waals surface area contributed by atoms with Gasteiger partial charge in [0.15, 0.2) is 0 Å².